The number of rotatable bonds is 4. The molecule has 1 nitrogen and oxygen atoms in total. The third-order valence-corrected chi connectivity index (χ3v) is 2.36. The van der Waals surface area contributed by atoms with Gasteiger partial charge in [0.15, 0.2) is 0 Å². The highest BCUT2D eigenvalue weighted by Crippen LogP contribution is 2.20. The van der Waals surface area contributed by atoms with Gasteiger partial charge in [-0.1, -0.05) is 19.4 Å². The topological polar surface area (TPSA) is 9.23 Å². The van der Waals surface area contributed by atoms with Gasteiger partial charge in [0.1, 0.15) is 5.75 Å². The normalized spacial score (nSPS) is 10.1. The highest BCUT2D eigenvalue weighted by molar-refractivity contribution is 6.17. The molecule has 1 aromatic carbocycles. The lowest BCUT2D eigenvalue weighted by atomic mass is 10.0. The molecule has 0 N–H and O–H groups in total. The first-order chi connectivity index (χ1) is 6.31. The lowest BCUT2D eigenvalue weighted by molar-refractivity contribution is 0.414. The van der Waals surface area contributed by atoms with Crippen molar-refractivity contribution in [1.82, 2.24) is 0 Å². The molecular formula is C11H15ClO. The third kappa shape index (κ3) is 2.63. The van der Waals surface area contributed by atoms with Crippen LogP contribution in [0, 0.1) is 0 Å². The fourth-order valence-corrected chi connectivity index (χ4v) is 1.62. The minimum absolute atomic E-state index is 0.562. The van der Waals surface area contributed by atoms with Crippen molar-refractivity contribution >= 4 is 11.6 Å². The second-order valence-electron chi connectivity index (χ2n) is 3.02. The zero-order chi connectivity index (χ0) is 9.68. The van der Waals surface area contributed by atoms with Crippen molar-refractivity contribution in [2.24, 2.45) is 0 Å². The maximum Gasteiger partial charge on any atom is 0.119 e. The van der Waals surface area contributed by atoms with Gasteiger partial charge in [-0.05, 0) is 29.7 Å². The number of aryl methyl sites for hydroxylation is 1. The number of benzene rings is 1. The van der Waals surface area contributed by atoms with Crippen LogP contribution in [-0.2, 0) is 12.3 Å². The van der Waals surface area contributed by atoms with Gasteiger partial charge in [0.2, 0.25) is 0 Å². The highest BCUT2D eigenvalue weighted by Gasteiger charge is 2.02. The minimum Gasteiger partial charge on any atom is -0.497 e. The number of hydrogen-bond donors (Lipinski definition) is 0. The zero-order valence-electron chi connectivity index (χ0n) is 8.14. The largest absolute Gasteiger partial charge is 0.497 e. The molecule has 0 aliphatic rings. The van der Waals surface area contributed by atoms with Crippen LogP contribution in [-0.4, -0.2) is 7.11 Å². The number of ether oxygens (including phenoxy) is 1. The molecule has 0 heterocycles. The Balaban J connectivity index is 2.93. The van der Waals surface area contributed by atoms with Crippen LogP contribution in [0.5, 0.6) is 5.75 Å². The minimum atomic E-state index is 0.562. The SMILES string of the molecule is CCCc1ccc(OC)cc1CCl. The van der Waals surface area contributed by atoms with E-state index in [2.05, 4.69) is 13.0 Å². The smallest absolute Gasteiger partial charge is 0.119 e. The predicted octanol–water partition coefficient (Wildman–Crippen LogP) is 3.39. The standard InChI is InChI=1S/C11H15ClO/c1-3-4-9-5-6-11(13-2)7-10(9)8-12/h5-7H,3-4,8H2,1-2H3. The molecule has 0 saturated carbocycles. The Kier molecular flexibility index (Phi) is 4.10. The zero-order valence-corrected chi connectivity index (χ0v) is 8.90. The second kappa shape index (κ2) is 5.13. The summed E-state index contributed by atoms with van der Waals surface area (Å²) in [7, 11) is 1.67. The summed E-state index contributed by atoms with van der Waals surface area (Å²) in [6.07, 6.45) is 2.24. The van der Waals surface area contributed by atoms with Crippen molar-refractivity contribution in [3.8, 4) is 5.75 Å². The molecule has 1 aromatic rings. The van der Waals surface area contributed by atoms with Gasteiger partial charge in [-0.2, -0.15) is 0 Å². The number of alkyl halides is 1. The lowest BCUT2D eigenvalue weighted by Gasteiger charge is -2.07. The molecule has 0 aliphatic heterocycles. The van der Waals surface area contributed by atoms with Crippen molar-refractivity contribution < 1.29 is 4.74 Å². The molecule has 0 saturated heterocycles. The summed E-state index contributed by atoms with van der Waals surface area (Å²) in [5.41, 5.74) is 2.51. The van der Waals surface area contributed by atoms with E-state index in [4.69, 9.17) is 16.3 Å². The van der Waals surface area contributed by atoms with E-state index in [1.165, 1.54) is 11.1 Å². The van der Waals surface area contributed by atoms with E-state index in [0.717, 1.165) is 18.6 Å². The molecule has 0 unspecified atom stereocenters. The van der Waals surface area contributed by atoms with E-state index < -0.39 is 0 Å². The van der Waals surface area contributed by atoms with E-state index in [0.29, 0.717) is 5.88 Å². The summed E-state index contributed by atoms with van der Waals surface area (Å²) in [6.45, 7) is 2.17. The summed E-state index contributed by atoms with van der Waals surface area (Å²) in [4.78, 5) is 0. The summed E-state index contributed by atoms with van der Waals surface area (Å²) >= 11 is 5.84. The highest BCUT2D eigenvalue weighted by atomic mass is 35.5. The number of methoxy groups -OCH3 is 1. The van der Waals surface area contributed by atoms with Crippen molar-refractivity contribution in [3.05, 3.63) is 29.3 Å². The first kappa shape index (κ1) is 10.4. The molecule has 0 aliphatic carbocycles. The van der Waals surface area contributed by atoms with Crippen LogP contribution in [0.25, 0.3) is 0 Å². The quantitative estimate of drug-likeness (QED) is 0.674. The lowest BCUT2D eigenvalue weighted by Crippen LogP contribution is -1.92. The average molecular weight is 199 g/mol. The van der Waals surface area contributed by atoms with Gasteiger partial charge < -0.3 is 4.74 Å². The third-order valence-electron chi connectivity index (χ3n) is 2.08. The maximum absolute atomic E-state index is 5.84. The molecule has 72 valence electrons. The van der Waals surface area contributed by atoms with E-state index >= 15 is 0 Å². The molecule has 0 amide bonds. The van der Waals surface area contributed by atoms with Gasteiger partial charge in [-0.15, -0.1) is 11.6 Å². The first-order valence-corrected chi connectivity index (χ1v) is 5.07. The second-order valence-corrected chi connectivity index (χ2v) is 3.29. The van der Waals surface area contributed by atoms with Gasteiger partial charge >= 0.3 is 0 Å². The molecule has 2 heteroatoms. The Morgan fingerprint density at radius 3 is 2.62 bits per heavy atom. The monoisotopic (exact) mass is 198 g/mol. The predicted molar refractivity (Wildman–Crippen MR) is 56.5 cm³/mol. The van der Waals surface area contributed by atoms with Crippen LogP contribution in [0.2, 0.25) is 0 Å². The summed E-state index contributed by atoms with van der Waals surface area (Å²) in [6, 6.07) is 6.10. The van der Waals surface area contributed by atoms with Crippen LogP contribution in [0.4, 0.5) is 0 Å². The molecule has 1 rings (SSSR count). The average Bonchev–Trinajstić information content (AvgIpc) is 2.19. The Morgan fingerprint density at radius 2 is 2.08 bits per heavy atom. The Bertz CT molecular complexity index is 271. The Hall–Kier alpha value is -0.690. The van der Waals surface area contributed by atoms with Gasteiger partial charge in [0.25, 0.3) is 0 Å². The summed E-state index contributed by atoms with van der Waals surface area (Å²) in [5.74, 6) is 1.45. The van der Waals surface area contributed by atoms with E-state index in [9.17, 15) is 0 Å². The van der Waals surface area contributed by atoms with Crippen molar-refractivity contribution in [1.29, 1.82) is 0 Å². The molecule has 0 fully saturated rings. The molecule has 0 bridgehead atoms. The molecule has 0 atom stereocenters. The van der Waals surface area contributed by atoms with Crippen molar-refractivity contribution in [2.75, 3.05) is 7.11 Å². The van der Waals surface area contributed by atoms with Crippen LogP contribution >= 0.6 is 11.6 Å². The van der Waals surface area contributed by atoms with Gasteiger partial charge in [-0.3, -0.25) is 0 Å². The van der Waals surface area contributed by atoms with E-state index in [-0.39, 0.29) is 0 Å². The molecule has 0 aromatic heterocycles. The van der Waals surface area contributed by atoms with Crippen LogP contribution in [0.1, 0.15) is 24.5 Å². The number of hydrogen-bond acceptors (Lipinski definition) is 1. The number of halogens is 1. The molecule has 0 radical (unpaired) electrons. The van der Waals surface area contributed by atoms with Crippen LogP contribution in [0.15, 0.2) is 18.2 Å². The van der Waals surface area contributed by atoms with E-state index in [1.807, 2.05) is 12.1 Å². The molecule has 13 heavy (non-hydrogen) atoms. The molecule has 0 spiro atoms. The van der Waals surface area contributed by atoms with Crippen molar-refractivity contribution in [3.63, 3.8) is 0 Å². The summed E-state index contributed by atoms with van der Waals surface area (Å²) in [5, 5.41) is 0. The van der Waals surface area contributed by atoms with Gasteiger partial charge in [0, 0.05) is 5.88 Å². The van der Waals surface area contributed by atoms with Gasteiger partial charge in [-0.25, -0.2) is 0 Å². The van der Waals surface area contributed by atoms with E-state index in [1.54, 1.807) is 7.11 Å². The fraction of sp³-hybridized carbons (Fsp3) is 0.455. The Labute approximate surface area is 84.7 Å². The van der Waals surface area contributed by atoms with Crippen LogP contribution in [0.3, 0.4) is 0 Å². The summed E-state index contributed by atoms with van der Waals surface area (Å²) < 4.78 is 5.13. The van der Waals surface area contributed by atoms with Crippen molar-refractivity contribution in [2.45, 2.75) is 25.6 Å². The molecular weight excluding hydrogens is 184 g/mol. The first-order valence-electron chi connectivity index (χ1n) is 4.53. The van der Waals surface area contributed by atoms with Crippen LogP contribution < -0.4 is 4.74 Å². The maximum atomic E-state index is 5.84. The van der Waals surface area contributed by atoms with Gasteiger partial charge in [0.05, 0.1) is 7.11 Å². The fourth-order valence-electron chi connectivity index (χ4n) is 1.37. The Morgan fingerprint density at radius 1 is 1.31 bits per heavy atom.